The van der Waals surface area contributed by atoms with Crippen molar-refractivity contribution in [3.63, 3.8) is 0 Å². The van der Waals surface area contributed by atoms with E-state index in [0.717, 1.165) is 12.1 Å². The van der Waals surface area contributed by atoms with Gasteiger partial charge < -0.3 is 0 Å². The Labute approximate surface area is 75.9 Å². The molecule has 0 fully saturated rings. The lowest BCUT2D eigenvalue weighted by Gasteiger charge is -2.02. The average molecular weight is 165 g/mol. The van der Waals surface area contributed by atoms with Gasteiger partial charge in [0.25, 0.3) is 0 Å². The third kappa shape index (κ3) is 4.89. The molecule has 1 heteroatoms. The Kier molecular flexibility index (Phi) is 6.35. The van der Waals surface area contributed by atoms with Crippen molar-refractivity contribution in [2.45, 2.75) is 34.1 Å². The molecule has 0 heterocycles. The molecule has 0 aliphatic heterocycles. The molecule has 0 N–H and O–H groups in total. The Morgan fingerprint density at radius 2 is 2.08 bits per heavy atom. The van der Waals surface area contributed by atoms with Gasteiger partial charge in [0, 0.05) is 11.9 Å². The molecular formula is C11H19N. The van der Waals surface area contributed by atoms with E-state index in [1.54, 1.807) is 0 Å². The highest BCUT2D eigenvalue weighted by Gasteiger charge is 1.97. The SMILES string of the molecule is C\C=C/N=C(\C=C\CC)C(C)C. The van der Waals surface area contributed by atoms with Crippen molar-refractivity contribution in [2.75, 3.05) is 0 Å². The van der Waals surface area contributed by atoms with Gasteiger partial charge >= 0.3 is 0 Å². The molecule has 0 saturated carbocycles. The normalized spacial score (nSPS) is 13.9. The molecule has 68 valence electrons. The van der Waals surface area contributed by atoms with E-state index in [4.69, 9.17) is 0 Å². The highest BCUT2D eigenvalue weighted by Crippen LogP contribution is 2.00. The quantitative estimate of drug-likeness (QED) is 0.564. The Hall–Kier alpha value is -0.850. The molecule has 0 aromatic heterocycles. The van der Waals surface area contributed by atoms with Crippen LogP contribution in [0.3, 0.4) is 0 Å². The smallest absolute Gasteiger partial charge is 0.0425 e. The zero-order chi connectivity index (χ0) is 9.40. The topological polar surface area (TPSA) is 12.4 Å². The average Bonchev–Trinajstić information content (AvgIpc) is 2.04. The number of allylic oxidation sites excluding steroid dienone is 3. The first-order valence-electron chi connectivity index (χ1n) is 4.57. The first kappa shape index (κ1) is 11.2. The summed E-state index contributed by atoms with van der Waals surface area (Å²) >= 11 is 0. The van der Waals surface area contributed by atoms with E-state index in [2.05, 4.69) is 37.9 Å². The van der Waals surface area contributed by atoms with Crippen LogP contribution >= 0.6 is 0 Å². The fourth-order valence-corrected chi connectivity index (χ4v) is 0.784. The van der Waals surface area contributed by atoms with E-state index in [-0.39, 0.29) is 0 Å². The molecule has 12 heavy (non-hydrogen) atoms. The second kappa shape index (κ2) is 6.84. The van der Waals surface area contributed by atoms with Crippen molar-refractivity contribution in [2.24, 2.45) is 10.9 Å². The Balaban J connectivity index is 4.32. The van der Waals surface area contributed by atoms with Crippen molar-refractivity contribution < 1.29 is 0 Å². The number of hydrogen-bond donors (Lipinski definition) is 0. The maximum atomic E-state index is 4.33. The molecule has 0 aliphatic rings. The minimum atomic E-state index is 0.504. The van der Waals surface area contributed by atoms with Crippen LogP contribution in [0.15, 0.2) is 29.4 Å². The van der Waals surface area contributed by atoms with Gasteiger partial charge in [0.2, 0.25) is 0 Å². The molecule has 1 nitrogen and oxygen atoms in total. The van der Waals surface area contributed by atoms with Crippen molar-refractivity contribution in [3.8, 4) is 0 Å². The second-order valence-electron chi connectivity index (χ2n) is 3.00. The molecule has 0 radical (unpaired) electrons. The highest BCUT2D eigenvalue weighted by molar-refractivity contribution is 5.96. The molecule has 0 aromatic carbocycles. The summed E-state index contributed by atoms with van der Waals surface area (Å²) in [6.45, 7) is 8.42. The van der Waals surface area contributed by atoms with Crippen LogP contribution in [0.4, 0.5) is 0 Å². The summed E-state index contributed by atoms with van der Waals surface area (Å²) in [6.07, 6.45) is 9.10. The molecule has 0 aromatic rings. The van der Waals surface area contributed by atoms with Crippen molar-refractivity contribution in [3.05, 3.63) is 24.4 Å². The van der Waals surface area contributed by atoms with Crippen molar-refractivity contribution in [1.82, 2.24) is 0 Å². The van der Waals surface area contributed by atoms with Gasteiger partial charge in [-0.05, 0) is 25.3 Å². The minimum absolute atomic E-state index is 0.504. The molecule has 0 rings (SSSR count). The van der Waals surface area contributed by atoms with Gasteiger partial charge in [-0.15, -0.1) is 0 Å². The number of hydrogen-bond acceptors (Lipinski definition) is 1. The van der Waals surface area contributed by atoms with Crippen LogP contribution in [0.1, 0.15) is 34.1 Å². The van der Waals surface area contributed by atoms with E-state index in [0.29, 0.717) is 5.92 Å². The van der Waals surface area contributed by atoms with Crippen LogP contribution in [-0.2, 0) is 0 Å². The lowest BCUT2D eigenvalue weighted by atomic mass is 10.1. The standard InChI is InChI=1S/C11H19N/c1-5-7-8-11(10(3)4)12-9-6-2/h6-10H,5H2,1-4H3/b8-7+,9-6-,12-11+. The van der Waals surface area contributed by atoms with Crippen LogP contribution in [0.25, 0.3) is 0 Å². The molecule has 0 amide bonds. The number of rotatable bonds is 4. The summed E-state index contributed by atoms with van der Waals surface area (Å²) in [5.41, 5.74) is 1.15. The van der Waals surface area contributed by atoms with E-state index in [1.165, 1.54) is 0 Å². The first-order valence-corrected chi connectivity index (χ1v) is 4.57. The minimum Gasteiger partial charge on any atom is -0.261 e. The van der Waals surface area contributed by atoms with Gasteiger partial charge in [-0.25, -0.2) is 0 Å². The van der Waals surface area contributed by atoms with Crippen LogP contribution in [-0.4, -0.2) is 5.71 Å². The largest absolute Gasteiger partial charge is 0.261 e. The molecule has 0 atom stereocenters. The monoisotopic (exact) mass is 165 g/mol. The zero-order valence-corrected chi connectivity index (χ0v) is 8.54. The molecule has 0 spiro atoms. The molecule has 0 unspecified atom stereocenters. The predicted molar refractivity (Wildman–Crippen MR) is 56.5 cm³/mol. The Morgan fingerprint density at radius 1 is 1.42 bits per heavy atom. The highest BCUT2D eigenvalue weighted by atomic mass is 14.7. The van der Waals surface area contributed by atoms with Gasteiger partial charge in [-0.2, -0.15) is 0 Å². The van der Waals surface area contributed by atoms with Crippen LogP contribution < -0.4 is 0 Å². The van der Waals surface area contributed by atoms with Gasteiger partial charge in [0.15, 0.2) is 0 Å². The van der Waals surface area contributed by atoms with Gasteiger partial charge in [0.1, 0.15) is 0 Å². The van der Waals surface area contributed by atoms with E-state index < -0.39 is 0 Å². The summed E-state index contributed by atoms with van der Waals surface area (Å²) in [6, 6.07) is 0. The van der Waals surface area contributed by atoms with Crippen molar-refractivity contribution >= 4 is 5.71 Å². The number of nitrogens with zero attached hydrogens (tertiary/aromatic N) is 1. The van der Waals surface area contributed by atoms with E-state index in [1.807, 2.05) is 19.2 Å². The van der Waals surface area contributed by atoms with Crippen LogP contribution in [0.5, 0.6) is 0 Å². The molecule has 0 bridgehead atoms. The van der Waals surface area contributed by atoms with E-state index in [9.17, 15) is 0 Å². The fourth-order valence-electron chi connectivity index (χ4n) is 0.784. The maximum Gasteiger partial charge on any atom is 0.0425 e. The van der Waals surface area contributed by atoms with Gasteiger partial charge in [0.05, 0.1) is 0 Å². The van der Waals surface area contributed by atoms with Crippen LogP contribution in [0, 0.1) is 5.92 Å². The zero-order valence-electron chi connectivity index (χ0n) is 8.54. The molecular weight excluding hydrogens is 146 g/mol. The third-order valence-corrected chi connectivity index (χ3v) is 1.49. The second-order valence-corrected chi connectivity index (χ2v) is 3.00. The summed E-state index contributed by atoms with van der Waals surface area (Å²) in [4.78, 5) is 4.33. The Morgan fingerprint density at radius 3 is 2.50 bits per heavy atom. The summed E-state index contributed by atoms with van der Waals surface area (Å²) in [5, 5.41) is 0. The molecule has 0 saturated heterocycles. The first-order chi connectivity index (χ1) is 5.72. The molecule has 0 aliphatic carbocycles. The number of aliphatic imine (C=N–C) groups is 1. The van der Waals surface area contributed by atoms with E-state index >= 15 is 0 Å². The predicted octanol–water partition coefficient (Wildman–Crippen LogP) is 3.58. The lowest BCUT2D eigenvalue weighted by molar-refractivity contribution is 0.888. The summed E-state index contributed by atoms with van der Waals surface area (Å²) < 4.78 is 0. The van der Waals surface area contributed by atoms with Crippen LogP contribution in [0.2, 0.25) is 0 Å². The Bertz CT molecular complexity index is 185. The lowest BCUT2D eigenvalue weighted by Crippen LogP contribution is -2.02. The third-order valence-electron chi connectivity index (χ3n) is 1.49. The fraction of sp³-hybridized carbons (Fsp3) is 0.545. The van der Waals surface area contributed by atoms with Crippen molar-refractivity contribution in [1.29, 1.82) is 0 Å². The summed E-state index contributed by atoms with van der Waals surface area (Å²) in [7, 11) is 0. The van der Waals surface area contributed by atoms with Gasteiger partial charge in [-0.1, -0.05) is 32.9 Å². The summed E-state index contributed by atoms with van der Waals surface area (Å²) in [5.74, 6) is 0.504. The van der Waals surface area contributed by atoms with Gasteiger partial charge in [-0.3, -0.25) is 4.99 Å². The maximum absolute atomic E-state index is 4.33.